The zero-order chi connectivity index (χ0) is 22.0. The summed E-state index contributed by atoms with van der Waals surface area (Å²) >= 11 is 0. The average Bonchev–Trinajstić information content (AvgIpc) is 3.32. The molecule has 31 heavy (non-hydrogen) atoms. The van der Waals surface area contributed by atoms with Gasteiger partial charge in [0.2, 0.25) is 0 Å². The largest absolute Gasteiger partial charge is 0.367 e. The summed E-state index contributed by atoms with van der Waals surface area (Å²) in [7, 11) is 0. The molecule has 0 radical (unpaired) electrons. The van der Waals surface area contributed by atoms with Gasteiger partial charge < -0.3 is 15.2 Å². The number of rotatable bonds is 6. The van der Waals surface area contributed by atoms with Crippen LogP contribution < -0.4 is 10.2 Å². The zero-order valence-electron chi connectivity index (χ0n) is 18.8. The monoisotopic (exact) mass is 416 g/mol. The van der Waals surface area contributed by atoms with Gasteiger partial charge in [0.1, 0.15) is 0 Å². The Bertz CT molecular complexity index is 1050. The second-order valence-corrected chi connectivity index (χ2v) is 8.49. The van der Waals surface area contributed by atoms with Crippen molar-refractivity contribution < 1.29 is 4.79 Å². The van der Waals surface area contributed by atoms with Crippen LogP contribution in [0.1, 0.15) is 43.2 Å². The first-order chi connectivity index (χ1) is 15.0. The Morgan fingerprint density at radius 3 is 2.65 bits per heavy atom. The van der Waals surface area contributed by atoms with E-state index in [1.165, 1.54) is 16.8 Å². The van der Waals surface area contributed by atoms with E-state index < -0.39 is 0 Å². The minimum atomic E-state index is 0.0185. The van der Waals surface area contributed by atoms with Crippen LogP contribution in [0.25, 0.3) is 17.7 Å². The van der Waals surface area contributed by atoms with Gasteiger partial charge in [-0.1, -0.05) is 30.4 Å². The number of carbonyl (C=O) groups is 1. The lowest BCUT2D eigenvalue weighted by Crippen LogP contribution is -2.47. The number of nitrogens with zero attached hydrogens (tertiary/aromatic N) is 2. The molecule has 2 aromatic rings. The summed E-state index contributed by atoms with van der Waals surface area (Å²) in [6, 6.07) is 6.37. The van der Waals surface area contributed by atoms with E-state index in [1.807, 2.05) is 32.9 Å². The Labute approximate surface area is 185 Å². The van der Waals surface area contributed by atoms with Gasteiger partial charge in [-0.25, -0.2) is 0 Å². The number of anilines is 2. The van der Waals surface area contributed by atoms with Gasteiger partial charge in [0.05, 0.1) is 5.69 Å². The molecular weight excluding hydrogens is 384 g/mol. The number of benzene rings is 1. The van der Waals surface area contributed by atoms with E-state index in [1.54, 1.807) is 0 Å². The summed E-state index contributed by atoms with van der Waals surface area (Å²) in [6.45, 7) is 15.1. The fraction of sp³-hybridized carbons (Fsp3) is 0.346. The highest BCUT2D eigenvalue weighted by Gasteiger charge is 2.25. The van der Waals surface area contributed by atoms with Crippen molar-refractivity contribution in [1.82, 2.24) is 9.88 Å². The van der Waals surface area contributed by atoms with Gasteiger partial charge in [0.15, 0.2) is 0 Å². The van der Waals surface area contributed by atoms with E-state index in [4.69, 9.17) is 0 Å². The number of fused-ring (bicyclic) bond motifs is 1. The smallest absolute Gasteiger partial charge is 0.256 e. The van der Waals surface area contributed by atoms with Crippen LogP contribution in [-0.2, 0) is 11.2 Å². The third-order valence-corrected chi connectivity index (χ3v) is 6.23. The third-order valence-electron chi connectivity index (χ3n) is 6.23. The molecule has 1 saturated heterocycles. The molecule has 162 valence electrons. The molecule has 0 bridgehead atoms. The quantitative estimate of drug-likeness (QED) is 0.665. The predicted octanol–water partition coefficient (Wildman–Crippen LogP) is 4.80. The first-order valence-electron chi connectivity index (χ1n) is 11.1. The van der Waals surface area contributed by atoms with E-state index in [9.17, 15) is 4.79 Å². The highest BCUT2D eigenvalue weighted by molar-refractivity contribution is 6.32. The highest BCUT2D eigenvalue weighted by atomic mass is 16.2. The number of amides is 1. The van der Waals surface area contributed by atoms with Gasteiger partial charge in [-0.05, 0) is 51.0 Å². The molecule has 0 aliphatic carbocycles. The molecule has 1 amide bonds. The number of H-pyrrole nitrogens is 1. The van der Waals surface area contributed by atoms with Crippen molar-refractivity contribution in [1.29, 1.82) is 0 Å². The van der Waals surface area contributed by atoms with Crippen LogP contribution in [0, 0.1) is 0 Å². The molecule has 1 aromatic heterocycles. The molecule has 0 spiro atoms. The second kappa shape index (κ2) is 8.98. The molecule has 4 rings (SSSR count). The number of carbonyl (C=O) groups excluding carboxylic acids is 1. The lowest BCUT2D eigenvalue weighted by Gasteiger charge is -2.36. The van der Waals surface area contributed by atoms with Gasteiger partial charge in [-0.3, -0.25) is 9.69 Å². The maximum Gasteiger partial charge on any atom is 0.256 e. The average molecular weight is 417 g/mol. The number of hydrogen-bond acceptors (Lipinski definition) is 3. The second-order valence-electron chi connectivity index (χ2n) is 8.49. The molecule has 2 aliphatic heterocycles. The van der Waals surface area contributed by atoms with Crippen LogP contribution in [-0.4, -0.2) is 48.5 Å². The minimum Gasteiger partial charge on any atom is -0.367 e. The first kappa shape index (κ1) is 21.2. The Kier molecular flexibility index (Phi) is 6.14. The number of nitrogens with one attached hydrogen (secondary N) is 2. The van der Waals surface area contributed by atoms with Crippen molar-refractivity contribution in [2.24, 2.45) is 0 Å². The summed E-state index contributed by atoms with van der Waals surface area (Å²) < 4.78 is 0. The van der Waals surface area contributed by atoms with Gasteiger partial charge in [0.25, 0.3) is 5.91 Å². The molecule has 5 heteroatoms. The van der Waals surface area contributed by atoms with Gasteiger partial charge in [-0.15, -0.1) is 0 Å². The van der Waals surface area contributed by atoms with Gasteiger partial charge in [-0.2, -0.15) is 0 Å². The lowest BCUT2D eigenvalue weighted by atomic mass is 9.99. The van der Waals surface area contributed by atoms with E-state index in [0.717, 1.165) is 67.2 Å². The first-order valence-corrected chi connectivity index (χ1v) is 11.1. The van der Waals surface area contributed by atoms with Gasteiger partial charge in [0, 0.05) is 67.0 Å². The number of hydrogen-bond donors (Lipinski definition) is 2. The molecule has 1 aromatic carbocycles. The van der Waals surface area contributed by atoms with Gasteiger partial charge >= 0.3 is 0 Å². The maximum atomic E-state index is 12.2. The number of allylic oxidation sites excluding steroid dienone is 2. The van der Waals surface area contributed by atoms with Crippen molar-refractivity contribution in [3.63, 3.8) is 0 Å². The van der Waals surface area contributed by atoms with Crippen molar-refractivity contribution >= 4 is 35.0 Å². The molecule has 0 saturated carbocycles. The van der Waals surface area contributed by atoms with Crippen LogP contribution in [0.3, 0.4) is 0 Å². The molecule has 3 heterocycles. The fourth-order valence-corrected chi connectivity index (χ4v) is 4.58. The zero-order valence-corrected chi connectivity index (χ0v) is 18.8. The Balaban J connectivity index is 1.37. The normalized spacial score (nSPS) is 16.7. The van der Waals surface area contributed by atoms with Crippen LogP contribution in [0.15, 0.2) is 42.6 Å². The summed E-state index contributed by atoms with van der Waals surface area (Å²) in [5, 5.41) is 2.98. The Morgan fingerprint density at radius 2 is 1.97 bits per heavy atom. The number of aromatic nitrogens is 1. The molecule has 1 fully saturated rings. The molecule has 0 unspecified atom stereocenters. The fourth-order valence-electron chi connectivity index (χ4n) is 4.58. The van der Waals surface area contributed by atoms with Crippen LogP contribution >= 0.6 is 0 Å². The number of piperazine rings is 1. The van der Waals surface area contributed by atoms with E-state index in [-0.39, 0.29) is 5.91 Å². The molecule has 0 atom stereocenters. The SMILES string of the molecule is C=Cc1[nH]cc(N2CCN(CCc3ccc4c(c3)C(=C(C)C)C(=O)N4)CC2)c1C=CC. The standard InChI is InChI=1S/C26H32N4O/c1-5-7-20-22(6-2)27-17-24(20)30-14-12-29(13-15-30)11-10-19-8-9-23-21(16-19)25(18(3)4)26(31)28-23/h5-9,16-17,27H,2,10-15H2,1,3-4H3,(H,28,31). The topological polar surface area (TPSA) is 51.4 Å². The molecule has 5 nitrogen and oxygen atoms in total. The summed E-state index contributed by atoms with van der Waals surface area (Å²) in [5.41, 5.74) is 8.72. The van der Waals surface area contributed by atoms with E-state index in [0.29, 0.717) is 0 Å². The maximum absolute atomic E-state index is 12.2. The Morgan fingerprint density at radius 1 is 1.19 bits per heavy atom. The van der Waals surface area contributed by atoms with Crippen LogP contribution in [0.4, 0.5) is 11.4 Å². The summed E-state index contributed by atoms with van der Waals surface area (Å²) in [4.78, 5) is 20.6. The van der Waals surface area contributed by atoms with Crippen LogP contribution in [0.5, 0.6) is 0 Å². The Hall–Kier alpha value is -3.05. The van der Waals surface area contributed by atoms with Crippen LogP contribution in [0.2, 0.25) is 0 Å². The van der Waals surface area contributed by atoms with E-state index in [2.05, 4.69) is 57.2 Å². The predicted molar refractivity (Wildman–Crippen MR) is 131 cm³/mol. The molecule has 2 N–H and O–H groups in total. The highest BCUT2D eigenvalue weighted by Crippen LogP contribution is 2.34. The number of aromatic amines is 1. The molecular formula is C26H32N4O. The van der Waals surface area contributed by atoms with E-state index >= 15 is 0 Å². The van der Waals surface area contributed by atoms with Crippen molar-refractivity contribution in [3.05, 3.63) is 65.0 Å². The van der Waals surface area contributed by atoms with Crippen molar-refractivity contribution in [2.75, 3.05) is 42.9 Å². The minimum absolute atomic E-state index is 0.0185. The summed E-state index contributed by atoms with van der Waals surface area (Å²) in [5.74, 6) is 0.0185. The summed E-state index contributed by atoms with van der Waals surface area (Å²) in [6.07, 6.45) is 9.21. The lowest BCUT2D eigenvalue weighted by molar-refractivity contribution is -0.110. The third kappa shape index (κ3) is 4.23. The molecule has 2 aliphatic rings. The van der Waals surface area contributed by atoms with Crippen molar-refractivity contribution in [3.8, 4) is 0 Å². The van der Waals surface area contributed by atoms with Crippen molar-refractivity contribution in [2.45, 2.75) is 27.2 Å².